The maximum atomic E-state index is 12.7. The van der Waals surface area contributed by atoms with E-state index in [-0.39, 0.29) is 29.8 Å². The van der Waals surface area contributed by atoms with E-state index in [2.05, 4.69) is 26.1 Å². The van der Waals surface area contributed by atoms with Gasteiger partial charge >= 0.3 is 5.97 Å². The second kappa shape index (κ2) is 10.6. The Labute approximate surface area is 180 Å². The van der Waals surface area contributed by atoms with Crippen LogP contribution in [-0.4, -0.2) is 48.4 Å². The van der Waals surface area contributed by atoms with E-state index in [1.807, 2.05) is 26.0 Å². The number of hydrogen-bond donors (Lipinski definition) is 1. The van der Waals surface area contributed by atoms with Gasteiger partial charge in [-0.15, -0.1) is 0 Å². The van der Waals surface area contributed by atoms with E-state index < -0.39 is 12.0 Å². The summed E-state index contributed by atoms with van der Waals surface area (Å²) in [6.07, 6.45) is 4.22. The first kappa shape index (κ1) is 23.9. The van der Waals surface area contributed by atoms with Crippen LogP contribution in [0, 0.1) is 5.92 Å². The number of benzene rings is 1. The number of carbonyl (C=O) groups is 3. The summed E-state index contributed by atoms with van der Waals surface area (Å²) in [5.74, 6) is -1.24. The third-order valence-electron chi connectivity index (χ3n) is 5.52. The standard InChI is InChI=1S/C24H36N2O4/c1-17(2)21(23(29)30-16-20(27)26-14-8-6-7-9-15-26)25-22(28)18-10-12-19(13-11-18)24(3,4)5/h10-13,17,21H,6-9,14-16H2,1-5H3,(H,25,28)/t21-/m0/s1. The number of nitrogens with zero attached hydrogens (tertiary/aromatic N) is 1. The molecular formula is C24H36N2O4. The first-order valence-corrected chi connectivity index (χ1v) is 11.0. The molecule has 30 heavy (non-hydrogen) atoms. The quantitative estimate of drug-likeness (QED) is 0.718. The van der Waals surface area contributed by atoms with Gasteiger partial charge in [-0.25, -0.2) is 4.79 Å². The van der Waals surface area contributed by atoms with Crippen LogP contribution in [0.15, 0.2) is 24.3 Å². The number of hydrogen-bond acceptors (Lipinski definition) is 4. The van der Waals surface area contributed by atoms with Gasteiger partial charge in [-0.1, -0.05) is 59.6 Å². The fourth-order valence-electron chi connectivity index (χ4n) is 3.48. The average Bonchev–Trinajstić information content (AvgIpc) is 2.98. The molecule has 1 fully saturated rings. The van der Waals surface area contributed by atoms with Crippen LogP contribution in [-0.2, 0) is 19.7 Å². The Bertz CT molecular complexity index is 727. The molecule has 1 N–H and O–H groups in total. The lowest BCUT2D eigenvalue weighted by atomic mass is 9.86. The van der Waals surface area contributed by atoms with Crippen molar-refractivity contribution in [3.8, 4) is 0 Å². The van der Waals surface area contributed by atoms with Crippen molar-refractivity contribution in [3.05, 3.63) is 35.4 Å². The molecule has 2 amide bonds. The van der Waals surface area contributed by atoms with Gasteiger partial charge in [0.25, 0.3) is 11.8 Å². The SMILES string of the molecule is CC(C)[C@H](NC(=O)c1ccc(C(C)(C)C)cc1)C(=O)OCC(=O)N1CCCCCC1. The number of rotatable bonds is 6. The number of amides is 2. The van der Waals surface area contributed by atoms with Crippen molar-refractivity contribution in [2.45, 2.75) is 71.8 Å². The van der Waals surface area contributed by atoms with Gasteiger partial charge in [0.15, 0.2) is 6.61 Å². The van der Waals surface area contributed by atoms with E-state index >= 15 is 0 Å². The van der Waals surface area contributed by atoms with E-state index in [9.17, 15) is 14.4 Å². The molecule has 6 nitrogen and oxygen atoms in total. The third-order valence-corrected chi connectivity index (χ3v) is 5.52. The second-order valence-corrected chi connectivity index (χ2v) is 9.43. The Balaban J connectivity index is 1.94. The van der Waals surface area contributed by atoms with Gasteiger partial charge in [-0.05, 0) is 41.9 Å². The maximum Gasteiger partial charge on any atom is 0.329 e. The van der Waals surface area contributed by atoms with Crippen molar-refractivity contribution in [2.75, 3.05) is 19.7 Å². The summed E-state index contributed by atoms with van der Waals surface area (Å²) >= 11 is 0. The minimum absolute atomic E-state index is 0.000804. The van der Waals surface area contributed by atoms with Crippen molar-refractivity contribution < 1.29 is 19.1 Å². The average molecular weight is 417 g/mol. The third kappa shape index (κ3) is 6.85. The highest BCUT2D eigenvalue weighted by molar-refractivity contribution is 5.97. The van der Waals surface area contributed by atoms with E-state index in [4.69, 9.17) is 4.74 Å². The van der Waals surface area contributed by atoms with Crippen molar-refractivity contribution in [2.24, 2.45) is 5.92 Å². The summed E-state index contributed by atoms with van der Waals surface area (Å²) in [5.41, 5.74) is 1.62. The molecule has 1 aromatic carbocycles. The number of nitrogens with one attached hydrogen (secondary N) is 1. The van der Waals surface area contributed by atoms with Crippen LogP contribution in [0.25, 0.3) is 0 Å². The lowest BCUT2D eigenvalue weighted by molar-refractivity contribution is -0.154. The molecule has 0 unspecified atom stereocenters. The van der Waals surface area contributed by atoms with Gasteiger partial charge in [-0.3, -0.25) is 9.59 Å². The van der Waals surface area contributed by atoms with Crippen molar-refractivity contribution >= 4 is 17.8 Å². The highest BCUT2D eigenvalue weighted by Crippen LogP contribution is 2.22. The van der Waals surface area contributed by atoms with Gasteiger partial charge in [0.1, 0.15) is 6.04 Å². The lowest BCUT2D eigenvalue weighted by Gasteiger charge is -2.23. The lowest BCUT2D eigenvalue weighted by Crippen LogP contribution is -2.46. The highest BCUT2D eigenvalue weighted by Gasteiger charge is 2.28. The van der Waals surface area contributed by atoms with E-state index in [1.165, 1.54) is 0 Å². The molecule has 1 aromatic rings. The Morgan fingerprint density at radius 2 is 1.57 bits per heavy atom. The van der Waals surface area contributed by atoms with Crippen molar-refractivity contribution in [3.63, 3.8) is 0 Å². The van der Waals surface area contributed by atoms with E-state index in [0.717, 1.165) is 31.2 Å². The first-order chi connectivity index (χ1) is 14.1. The van der Waals surface area contributed by atoms with Crippen LogP contribution >= 0.6 is 0 Å². The predicted octanol–water partition coefficient (Wildman–Crippen LogP) is 3.68. The molecule has 0 radical (unpaired) electrons. The van der Waals surface area contributed by atoms with Gasteiger partial charge in [0.2, 0.25) is 0 Å². The molecule has 1 heterocycles. The van der Waals surface area contributed by atoms with Crippen LogP contribution in [0.4, 0.5) is 0 Å². The Morgan fingerprint density at radius 3 is 2.07 bits per heavy atom. The molecule has 6 heteroatoms. The molecular weight excluding hydrogens is 380 g/mol. The number of likely N-dealkylation sites (tertiary alicyclic amines) is 1. The summed E-state index contributed by atoms with van der Waals surface area (Å²) in [6.45, 7) is 11.2. The zero-order valence-corrected chi connectivity index (χ0v) is 19.0. The van der Waals surface area contributed by atoms with E-state index in [1.54, 1.807) is 17.0 Å². The molecule has 166 valence electrons. The van der Waals surface area contributed by atoms with Gasteiger partial charge in [-0.2, -0.15) is 0 Å². The number of carbonyl (C=O) groups excluding carboxylic acids is 3. The highest BCUT2D eigenvalue weighted by atomic mass is 16.5. The molecule has 2 rings (SSSR count). The van der Waals surface area contributed by atoms with Crippen molar-refractivity contribution in [1.29, 1.82) is 0 Å². The molecule has 0 aliphatic carbocycles. The smallest absolute Gasteiger partial charge is 0.329 e. The Kier molecular flexibility index (Phi) is 8.44. The van der Waals surface area contributed by atoms with Crippen LogP contribution in [0.5, 0.6) is 0 Å². The summed E-state index contributed by atoms with van der Waals surface area (Å²) in [4.78, 5) is 39.4. The van der Waals surface area contributed by atoms with E-state index in [0.29, 0.717) is 18.7 Å². The molecule has 1 atom stereocenters. The van der Waals surface area contributed by atoms with Gasteiger partial charge in [0, 0.05) is 18.7 Å². The summed E-state index contributed by atoms with van der Waals surface area (Å²) in [5, 5.41) is 2.77. The summed E-state index contributed by atoms with van der Waals surface area (Å²) in [6, 6.07) is 6.58. The van der Waals surface area contributed by atoms with Crippen molar-refractivity contribution in [1.82, 2.24) is 10.2 Å². The molecule has 1 saturated heterocycles. The topological polar surface area (TPSA) is 75.7 Å². The molecule has 0 saturated carbocycles. The zero-order valence-electron chi connectivity index (χ0n) is 19.0. The molecule has 0 spiro atoms. The Hall–Kier alpha value is -2.37. The molecule has 1 aliphatic heterocycles. The normalized spacial score (nSPS) is 16.0. The van der Waals surface area contributed by atoms with Gasteiger partial charge in [0.05, 0.1) is 0 Å². The summed E-state index contributed by atoms with van der Waals surface area (Å²) < 4.78 is 5.28. The number of ether oxygens (including phenoxy) is 1. The van der Waals surface area contributed by atoms with Crippen LogP contribution in [0.3, 0.4) is 0 Å². The fourth-order valence-corrected chi connectivity index (χ4v) is 3.48. The van der Waals surface area contributed by atoms with Crippen LogP contribution in [0.2, 0.25) is 0 Å². The molecule has 0 bridgehead atoms. The molecule has 1 aliphatic rings. The fraction of sp³-hybridized carbons (Fsp3) is 0.625. The summed E-state index contributed by atoms with van der Waals surface area (Å²) in [7, 11) is 0. The monoisotopic (exact) mass is 416 g/mol. The minimum Gasteiger partial charge on any atom is -0.454 e. The first-order valence-electron chi connectivity index (χ1n) is 11.0. The second-order valence-electron chi connectivity index (χ2n) is 9.43. The van der Waals surface area contributed by atoms with Crippen LogP contribution < -0.4 is 5.32 Å². The van der Waals surface area contributed by atoms with Gasteiger partial charge < -0.3 is 15.0 Å². The van der Waals surface area contributed by atoms with Crippen LogP contribution in [0.1, 0.15) is 76.2 Å². The minimum atomic E-state index is -0.809. The number of esters is 1. The Morgan fingerprint density at radius 1 is 1.00 bits per heavy atom. The predicted molar refractivity (Wildman–Crippen MR) is 117 cm³/mol. The zero-order chi connectivity index (χ0) is 22.3. The largest absolute Gasteiger partial charge is 0.454 e. The maximum absolute atomic E-state index is 12.7. The molecule has 0 aromatic heterocycles.